The average Bonchev–Trinajstić information content (AvgIpc) is 2.90. The molecule has 1 aromatic heterocycles. The van der Waals surface area contributed by atoms with Gasteiger partial charge in [-0.05, 0) is 49.4 Å². The molecule has 0 saturated carbocycles. The summed E-state index contributed by atoms with van der Waals surface area (Å²) in [6.07, 6.45) is 2.16. The molecule has 1 saturated heterocycles. The second-order valence-corrected chi connectivity index (χ2v) is 6.44. The number of benzene rings is 1. The van der Waals surface area contributed by atoms with Gasteiger partial charge in [0.2, 0.25) is 0 Å². The van der Waals surface area contributed by atoms with E-state index in [1.807, 2.05) is 36.1 Å². The molecule has 2 aromatic rings. The molecule has 1 amide bonds. The summed E-state index contributed by atoms with van der Waals surface area (Å²) in [6.45, 7) is 4.32. The van der Waals surface area contributed by atoms with Gasteiger partial charge in [-0.25, -0.2) is 0 Å². The zero-order chi connectivity index (χ0) is 14.8. The van der Waals surface area contributed by atoms with Gasteiger partial charge in [0.05, 0.1) is 11.0 Å². The van der Waals surface area contributed by atoms with E-state index in [1.165, 1.54) is 0 Å². The van der Waals surface area contributed by atoms with Gasteiger partial charge in [0.15, 0.2) is 0 Å². The highest BCUT2D eigenvalue weighted by atomic mass is 32.1. The fourth-order valence-corrected chi connectivity index (χ4v) is 3.80. The van der Waals surface area contributed by atoms with Gasteiger partial charge in [0.25, 0.3) is 5.91 Å². The van der Waals surface area contributed by atoms with Gasteiger partial charge in [-0.1, -0.05) is 0 Å². The van der Waals surface area contributed by atoms with E-state index in [1.54, 1.807) is 11.3 Å². The molecule has 0 bridgehead atoms. The highest BCUT2D eigenvalue weighted by Crippen LogP contribution is 2.29. The largest absolute Gasteiger partial charge is 0.399 e. The van der Waals surface area contributed by atoms with E-state index in [4.69, 9.17) is 10.5 Å². The Bertz CT molecular complexity index is 645. The highest BCUT2D eigenvalue weighted by Gasteiger charge is 2.24. The Hall–Kier alpha value is -1.59. The van der Waals surface area contributed by atoms with Crippen LogP contribution < -0.4 is 5.73 Å². The van der Waals surface area contributed by atoms with E-state index in [9.17, 15) is 4.79 Å². The molecule has 0 spiro atoms. The number of carbonyl (C=O) groups is 1. The van der Waals surface area contributed by atoms with Crippen LogP contribution in [0.1, 0.15) is 29.4 Å². The first-order valence-corrected chi connectivity index (χ1v) is 8.19. The zero-order valence-corrected chi connectivity index (χ0v) is 13.0. The summed E-state index contributed by atoms with van der Waals surface area (Å²) < 4.78 is 6.74. The molecule has 1 aliphatic heterocycles. The van der Waals surface area contributed by atoms with Crippen LogP contribution in [0.4, 0.5) is 5.69 Å². The normalized spacial score (nSPS) is 16.5. The topological polar surface area (TPSA) is 55.6 Å². The Morgan fingerprint density at radius 2 is 2.14 bits per heavy atom. The van der Waals surface area contributed by atoms with Crippen molar-refractivity contribution in [3.63, 3.8) is 0 Å². The van der Waals surface area contributed by atoms with Gasteiger partial charge < -0.3 is 15.4 Å². The number of thiophene rings is 1. The van der Waals surface area contributed by atoms with Crippen molar-refractivity contribution in [2.24, 2.45) is 0 Å². The summed E-state index contributed by atoms with van der Waals surface area (Å²) in [7, 11) is 0. The van der Waals surface area contributed by atoms with Crippen molar-refractivity contribution in [3.05, 3.63) is 29.1 Å². The smallest absolute Gasteiger partial charge is 0.263 e. The Kier molecular flexibility index (Phi) is 4.12. The molecule has 4 nitrogen and oxygen atoms in total. The number of rotatable bonds is 3. The molecule has 2 heterocycles. The number of amides is 1. The summed E-state index contributed by atoms with van der Waals surface area (Å²) in [5.74, 6) is 0.129. The Morgan fingerprint density at radius 3 is 2.86 bits per heavy atom. The predicted molar refractivity (Wildman–Crippen MR) is 86.8 cm³/mol. The van der Waals surface area contributed by atoms with E-state index < -0.39 is 0 Å². The van der Waals surface area contributed by atoms with E-state index in [-0.39, 0.29) is 5.91 Å². The summed E-state index contributed by atoms with van der Waals surface area (Å²) in [4.78, 5) is 15.3. The summed E-state index contributed by atoms with van der Waals surface area (Å²) in [5.41, 5.74) is 6.52. The minimum absolute atomic E-state index is 0.129. The number of nitrogens with zero attached hydrogens (tertiary/aromatic N) is 1. The van der Waals surface area contributed by atoms with Crippen LogP contribution in [0.5, 0.6) is 0 Å². The van der Waals surface area contributed by atoms with Gasteiger partial charge in [-0.15, -0.1) is 11.3 Å². The van der Waals surface area contributed by atoms with Gasteiger partial charge in [0, 0.05) is 30.1 Å². The van der Waals surface area contributed by atoms with Crippen LogP contribution in [-0.4, -0.2) is 36.6 Å². The molecular weight excluding hydrogens is 284 g/mol. The van der Waals surface area contributed by atoms with Crippen LogP contribution in [0, 0.1) is 0 Å². The molecule has 3 rings (SSSR count). The first kappa shape index (κ1) is 14.4. The van der Waals surface area contributed by atoms with Crippen molar-refractivity contribution in [2.75, 3.05) is 25.4 Å². The third-order valence-electron chi connectivity index (χ3n) is 3.88. The number of piperidine rings is 1. The maximum atomic E-state index is 12.6. The van der Waals surface area contributed by atoms with Crippen molar-refractivity contribution >= 4 is 33.0 Å². The number of fused-ring (bicyclic) bond motifs is 1. The minimum Gasteiger partial charge on any atom is -0.399 e. The van der Waals surface area contributed by atoms with Gasteiger partial charge in [0.1, 0.15) is 0 Å². The van der Waals surface area contributed by atoms with E-state index in [2.05, 4.69) is 0 Å². The van der Waals surface area contributed by atoms with Crippen LogP contribution >= 0.6 is 11.3 Å². The lowest BCUT2D eigenvalue weighted by molar-refractivity contribution is 0.0147. The second kappa shape index (κ2) is 6.03. The van der Waals surface area contributed by atoms with E-state index in [0.717, 1.165) is 53.2 Å². The zero-order valence-electron chi connectivity index (χ0n) is 12.2. The number of hydrogen-bond acceptors (Lipinski definition) is 4. The molecule has 1 aromatic carbocycles. The Balaban J connectivity index is 1.72. The molecule has 0 unspecified atom stereocenters. The number of hydrogen-bond donors (Lipinski definition) is 1. The third kappa shape index (κ3) is 3.04. The first-order valence-electron chi connectivity index (χ1n) is 7.37. The molecule has 21 heavy (non-hydrogen) atoms. The average molecular weight is 304 g/mol. The van der Waals surface area contributed by atoms with Gasteiger partial charge in [-0.3, -0.25) is 4.79 Å². The van der Waals surface area contributed by atoms with Crippen LogP contribution in [-0.2, 0) is 4.74 Å². The summed E-state index contributed by atoms with van der Waals surface area (Å²) in [5, 5.41) is 1.05. The molecule has 112 valence electrons. The number of likely N-dealkylation sites (tertiary alicyclic amines) is 1. The number of nitrogen functional groups attached to an aromatic ring is 1. The first-order chi connectivity index (χ1) is 10.2. The lowest BCUT2D eigenvalue weighted by atomic mass is 10.1. The van der Waals surface area contributed by atoms with Crippen molar-refractivity contribution in [1.82, 2.24) is 4.90 Å². The van der Waals surface area contributed by atoms with E-state index >= 15 is 0 Å². The number of nitrogens with two attached hydrogens (primary N) is 1. The molecule has 5 heteroatoms. The Morgan fingerprint density at radius 1 is 1.38 bits per heavy atom. The standard InChI is InChI=1S/C16H20N2O2S/c1-2-20-13-5-7-18(8-6-13)16(19)15-10-11-9-12(17)3-4-14(11)21-15/h3-4,9-10,13H,2,5-8,17H2,1H3. The predicted octanol–water partition coefficient (Wildman–Crippen LogP) is 3.12. The quantitative estimate of drug-likeness (QED) is 0.886. The summed E-state index contributed by atoms with van der Waals surface area (Å²) >= 11 is 1.54. The fraction of sp³-hybridized carbons (Fsp3) is 0.438. The molecule has 0 atom stereocenters. The van der Waals surface area contributed by atoms with Crippen molar-refractivity contribution in [3.8, 4) is 0 Å². The lowest BCUT2D eigenvalue weighted by Crippen LogP contribution is -2.40. The SMILES string of the molecule is CCOC1CCN(C(=O)c2cc3cc(N)ccc3s2)CC1. The van der Waals surface area contributed by atoms with Crippen LogP contribution in [0.3, 0.4) is 0 Å². The van der Waals surface area contributed by atoms with Crippen molar-refractivity contribution in [2.45, 2.75) is 25.9 Å². The number of carbonyl (C=O) groups excluding carboxylic acids is 1. The molecule has 1 aliphatic rings. The van der Waals surface area contributed by atoms with Crippen LogP contribution in [0.15, 0.2) is 24.3 Å². The Labute approximate surface area is 128 Å². The monoisotopic (exact) mass is 304 g/mol. The lowest BCUT2D eigenvalue weighted by Gasteiger charge is -2.31. The molecule has 0 aliphatic carbocycles. The van der Waals surface area contributed by atoms with Crippen LogP contribution in [0.2, 0.25) is 0 Å². The van der Waals surface area contributed by atoms with Crippen molar-refractivity contribution < 1.29 is 9.53 Å². The minimum atomic E-state index is 0.129. The fourth-order valence-electron chi connectivity index (χ4n) is 2.78. The molecule has 0 radical (unpaired) electrons. The molecule has 1 fully saturated rings. The molecule has 2 N–H and O–H groups in total. The van der Waals surface area contributed by atoms with E-state index in [0.29, 0.717) is 6.10 Å². The van der Waals surface area contributed by atoms with Crippen molar-refractivity contribution in [1.29, 1.82) is 0 Å². The highest BCUT2D eigenvalue weighted by molar-refractivity contribution is 7.20. The number of anilines is 1. The van der Waals surface area contributed by atoms with Gasteiger partial charge in [-0.2, -0.15) is 0 Å². The second-order valence-electron chi connectivity index (χ2n) is 5.35. The third-order valence-corrected chi connectivity index (χ3v) is 4.99. The number of ether oxygens (including phenoxy) is 1. The van der Waals surface area contributed by atoms with Crippen LogP contribution in [0.25, 0.3) is 10.1 Å². The maximum absolute atomic E-state index is 12.6. The summed E-state index contributed by atoms with van der Waals surface area (Å²) in [6, 6.07) is 7.73. The molecular formula is C16H20N2O2S. The maximum Gasteiger partial charge on any atom is 0.263 e. The van der Waals surface area contributed by atoms with Gasteiger partial charge >= 0.3 is 0 Å².